The number of benzene rings is 1. The summed E-state index contributed by atoms with van der Waals surface area (Å²) in [6.45, 7) is 0. The summed E-state index contributed by atoms with van der Waals surface area (Å²) in [6.07, 6.45) is -0.532. The van der Waals surface area contributed by atoms with Gasteiger partial charge in [-0.05, 0) is 24.3 Å². The van der Waals surface area contributed by atoms with Crippen LogP contribution < -0.4 is 0 Å². The van der Waals surface area contributed by atoms with Gasteiger partial charge in [0.15, 0.2) is 0 Å². The molecule has 1 aromatic heterocycles. The third-order valence-corrected chi connectivity index (χ3v) is 3.66. The van der Waals surface area contributed by atoms with Gasteiger partial charge in [0.1, 0.15) is 5.82 Å². The molecule has 1 heterocycles. The fraction of sp³-hybridized carbons (Fsp3) is 0.0769. The summed E-state index contributed by atoms with van der Waals surface area (Å²) in [5.74, 6) is -1.89. The number of hydrogen-bond acceptors (Lipinski definition) is 2. The van der Waals surface area contributed by atoms with Gasteiger partial charge in [-0.2, -0.15) is 0 Å². The molecule has 0 saturated heterocycles. The zero-order valence-electron chi connectivity index (χ0n) is 9.83. The number of carboxylic acid groups (broad SMARTS) is 1. The third kappa shape index (κ3) is 3.03. The van der Waals surface area contributed by atoms with Crippen LogP contribution >= 0.6 is 34.8 Å². The number of pyridine rings is 1. The lowest BCUT2D eigenvalue weighted by molar-refractivity contribution is -0.136. The van der Waals surface area contributed by atoms with Gasteiger partial charge in [-0.3, -0.25) is 4.79 Å². The largest absolute Gasteiger partial charge is 0.481 e. The van der Waals surface area contributed by atoms with Crippen molar-refractivity contribution in [2.24, 2.45) is 0 Å². The van der Waals surface area contributed by atoms with E-state index in [0.29, 0.717) is 10.6 Å². The Morgan fingerprint density at radius 2 is 1.80 bits per heavy atom. The number of halogens is 4. The van der Waals surface area contributed by atoms with Gasteiger partial charge in [-0.1, -0.05) is 34.8 Å². The number of aromatic nitrogens is 1. The highest BCUT2D eigenvalue weighted by molar-refractivity contribution is 6.46. The van der Waals surface area contributed by atoms with Gasteiger partial charge in [0, 0.05) is 5.56 Å². The average Bonchev–Trinajstić information content (AvgIpc) is 2.37. The lowest BCUT2D eigenvalue weighted by Crippen LogP contribution is -2.06. The van der Waals surface area contributed by atoms with Gasteiger partial charge in [-0.25, -0.2) is 9.37 Å². The maximum atomic E-state index is 13.5. The second kappa shape index (κ2) is 5.95. The smallest absolute Gasteiger partial charge is 0.309 e. The second-order valence-electron chi connectivity index (χ2n) is 3.91. The normalized spacial score (nSPS) is 10.6. The van der Waals surface area contributed by atoms with E-state index in [1.165, 1.54) is 18.2 Å². The standard InChI is InChI=1S/C13H7Cl3FNO2/c14-6-1-2-7(15)13(16)12(6)9-4-3-8(17)10(18-9)5-11(19)20/h1-4H,5H2,(H,19,20). The fourth-order valence-electron chi connectivity index (χ4n) is 1.65. The van der Waals surface area contributed by atoms with Crippen molar-refractivity contribution in [3.05, 3.63) is 50.8 Å². The predicted molar refractivity (Wildman–Crippen MR) is 76.0 cm³/mol. The zero-order chi connectivity index (χ0) is 14.9. The van der Waals surface area contributed by atoms with E-state index < -0.39 is 18.2 Å². The zero-order valence-corrected chi connectivity index (χ0v) is 12.1. The lowest BCUT2D eigenvalue weighted by atomic mass is 10.1. The summed E-state index contributed by atoms with van der Waals surface area (Å²) in [6, 6.07) is 5.54. The summed E-state index contributed by atoms with van der Waals surface area (Å²) >= 11 is 18.0. The molecule has 1 aromatic carbocycles. The van der Waals surface area contributed by atoms with E-state index in [0.717, 1.165) is 6.07 Å². The van der Waals surface area contributed by atoms with Crippen LogP contribution in [-0.2, 0) is 11.2 Å². The first kappa shape index (κ1) is 15.0. The maximum absolute atomic E-state index is 13.5. The van der Waals surface area contributed by atoms with Crippen LogP contribution in [0.25, 0.3) is 11.3 Å². The van der Waals surface area contributed by atoms with Crippen LogP contribution in [0.3, 0.4) is 0 Å². The van der Waals surface area contributed by atoms with Gasteiger partial charge in [-0.15, -0.1) is 0 Å². The van der Waals surface area contributed by atoms with E-state index in [2.05, 4.69) is 4.98 Å². The molecule has 0 spiro atoms. The third-order valence-electron chi connectivity index (χ3n) is 2.54. The molecule has 104 valence electrons. The van der Waals surface area contributed by atoms with E-state index in [1.807, 2.05) is 0 Å². The van der Waals surface area contributed by atoms with E-state index in [4.69, 9.17) is 39.9 Å². The number of rotatable bonds is 3. The van der Waals surface area contributed by atoms with Crippen molar-refractivity contribution in [3.63, 3.8) is 0 Å². The van der Waals surface area contributed by atoms with Crippen molar-refractivity contribution in [1.82, 2.24) is 4.98 Å². The van der Waals surface area contributed by atoms with Crippen LogP contribution in [0.5, 0.6) is 0 Å². The molecule has 0 aliphatic rings. The van der Waals surface area contributed by atoms with Gasteiger partial charge < -0.3 is 5.11 Å². The molecule has 0 aliphatic carbocycles. The summed E-state index contributed by atoms with van der Waals surface area (Å²) < 4.78 is 13.5. The van der Waals surface area contributed by atoms with Crippen molar-refractivity contribution in [2.75, 3.05) is 0 Å². The maximum Gasteiger partial charge on any atom is 0.309 e. The number of carboxylic acids is 1. The van der Waals surface area contributed by atoms with Crippen LogP contribution in [0.4, 0.5) is 4.39 Å². The van der Waals surface area contributed by atoms with E-state index in [-0.39, 0.29) is 21.4 Å². The average molecular weight is 335 g/mol. The van der Waals surface area contributed by atoms with Crippen LogP contribution in [0, 0.1) is 5.82 Å². The van der Waals surface area contributed by atoms with Crippen molar-refractivity contribution in [3.8, 4) is 11.3 Å². The lowest BCUT2D eigenvalue weighted by Gasteiger charge is -2.09. The minimum Gasteiger partial charge on any atom is -0.481 e. The molecule has 0 aliphatic heterocycles. The number of nitrogens with zero attached hydrogens (tertiary/aromatic N) is 1. The van der Waals surface area contributed by atoms with Gasteiger partial charge >= 0.3 is 5.97 Å². The molecule has 2 aromatic rings. The Hall–Kier alpha value is -1.36. The summed E-state index contributed by atoms with van der Waals surface area (Å²) in [5.41, 5.74) is 0.412. The number of hydrogen-bond donors (Lipinski definition) is 1. The molecular weight excluding hydrogens is 328 g/mol. The molecule has 3 nitrogen and oxygen atoms in total. The Labute approximate surface area is 128 Å². The molecule has 0 unspecified atom stereocenters. The summed E-state index contributed by atoms with van der Waals surface area (Å²) in [4.78, 5) is 14.6. The first-order valence-electron chi connectivity index (χ1n) is 5.41. The van der Waals surface area contributed by atoms with Crippen LogP contribution in [0.1, 0.15) is 5.69 Å². The monoisotopic (exact) mass is 333 g/mol. The highest BCUT2D eigenvalue weighted by Crippen LogP contribution is 2.38. The Bertz CT molecular complexity index is 692. The highest BCUT2D eigenvalue weighted by Gasteiger charge is 2.16. The Morgan fingerprint density at radius 1 is 1.15 bits per heavy atom. The topological polar surface area (TPSA) is 50.2 Å². The van der Waals surface area contributed by atoms with E-state index >= 15 is 0 Å². The molecule has 0 saturated carbocycles. The molecule has 0 bridgehead atoms. The van der Waals surface area contributed by atoms with Crippen molar-refractivity contribution < 1.29 is 14.3 Å². The Kier molecular flexibility index (Phi) is 4.48. The number of carbonyl (C=O) groups is 1. The Morgan fingerprint density at radius 3 is 2.45 bits per heavy atom. The molecule has 7 heteroatoms. The van der Waals surface area contributed by atoms with Crippen LogP contribution in [0.15, 0.2) is 24.3 Å². The summed E-state index contributed by atoms with van der Waals surface area (Å²) in [5, 5.41) is 9.47. The van der Waals surface area contributed by atoms with Crippen LogP contribution in [0.2, 0.25) is 15.1 Å². The predicted octanol–water partition coefficient (Wildman–Crippen LogP) is 4.48. The minimum absolute atomic E-state index is 0.180. The molecule has 0 atom stereocenters. The van der Waals surface area contributed by atoms with Crippen molar-refractivity contribution in [2.45, 2.75) is 6.42 Å². The molecule has 0 amide bonds. The SMILES string of the molecule is O=C(O)Cc1nc(-c2c(Cl)ccc(Cl)c2Cl)ccc1F. The Balaban J connectivity index is 2.59. The second-order valence-corrected chi connectivity index (χ2v) is 5.11. The van der Waals surface area contributed by atoms with Gasteiger partial charge in [0.2, 0.25) is 0 Å². The van der Waals surface area contributed by atoms with E-state index in [9.17, 15) is 9.18 Å². The highest BCUT2D eigenvalue weighted by atomic mass is 35.5. The minimum atomic E-state index is -1.18. The molecular formula is C13H7Cl3FNO2. The van der Waals surface area contributed by atoms with Crippen molar-refractivity contribution >= 4 is 40.8 Å². The van der Waals surface area contributed by atoms with Gasteiger partial charge in [0.05, 0.1) is 32.9 Å². The molecule has 20 heavy (non-hydrogen) atoms. The first-order valence-corrected chi connectivity index (χ1v) is 6.54. The molecule has 2 rings (SSSR count). The number of aliphatic carboxylic acids is 1. The van der Waals surface area contributed by atoms with Gasteiger partial charge in [0.25, 0.3) is 0 Å². The first-order chi connectivity index (χ1) is 9.40. The molecule has 0 radical (unpaired) electrons. The fourth-order valence-corrected chi connectivity index (χ4v) is 2.37. The molecule has 0 fully saturated rings. The van der Waals surface area contributed by atoms with Crippen molar-refractivity contribution in [1.29, 1.82) is 0 Å². The van der Waals surface area contributed by atoms with E-state index in [1.54, 1.807) is 0 Å². The van der Waals surface area contributed by atoms with Crippen LogP contribution in [-0.4, -0.2) is 16.1 Å². The quantitative estimate of drug-likeness (QED) is 0.842. The molecule has 1 N–H and O–H groups in total. The summed E-state index contributed by atoms with van der Waals surface area (Å²) in [7, 11) is 0.